The van der Waals surface area contributed by atoms with Crippen LogP contribution in [-0.4, -0.2) is 18.0 Å². The summed E-state index contributed by atoms with van der Waals surface area (Å²) in [4.78, 5) is 0. The van der Waals surface area contributed by atoms with Crippen LogP contribution in [0, 0.1) is 11.8 Å². The van der Waals surface area contributed by atoms with Crippen LogP contribution in [0.2, 0.25) is 0 Å². The van der Waals surface area contributed by atoms with Gasteiger partial charge in [-0.2, -0.15) is 0 Å². The van der Waals surface area contributed by atoms with Crippen LogP contribution in [0.4, 0.5) is 0 Å². The normalized spacial score (nSPS) is 43.0. The van der Waals surface area contributed by atoms with Crippen LogP contribution in [0.25, 0.3) is 0 Å². The van der Waals surface area contributed by atoms with Crippen LogP contribution >= 0.6 is 11.6 Å². The Labute approximate surface area is 80.9 Å². The van der Waals surface area contributed by atoms with E-state index in [0.717, 1.165) is 18.4 Å². The number of alkyl halides is 1. The minimum Gasteiger partial charge on any atom is -0.314 e. The zero-order chi connectivity index (χ0) is 9.14. The van der Waals surface area contributed by atoms with E-state index in [1.54, 1.807) is 0 Å². The van der Waals surface area contributed by atoms with E-state index >= 15 is 0 Å². The first-order valence-corrected chi connectivity index (χ1v) is 5.46. The van der Waals surface area contributed by atoms with Gasteiger partial charge in [-0.3, -0.25) is 0 Å². The van der Waals surface area contributed by atoms with Gasteiger partial charge in [0.15, 0.2) is 0 Å². The fourth-order valence-electron chi connectivity index (χ4n) is 2.40. The van der Waals surface area contributed by atoms with Crippen molar-refractivity contribution in [2.75, 3.05) is 6.54 Å². The Morgan fingerprint density at radius 2 is 1.75 bits per heavy atom. The second-order valence-corrected chi connectivity index (χ2v) is 4.72. The monoisotopic (exact) mass is 189 g/mol. The lowest BCUT2D eigenvalue weighted by Crippen LogP contribution is -2.45. The molecule has 0 amide bonds. The van der Waals surface area contributed by atoms with Gasteiger partial charge in [-0.05, 0) is 31.2 Å². The largest absolute Gasteiger partial charge is 0.314 e. The van der Waals surface area contributed by atoms with Gasteiger partial charge >= 0.3 is 0 Å². The van der Waals surface area contributed by atoms with E-state index in [-0.39, 0.29) is 0 Å². The Bertz CT molecular complexity index is 126. The molecule has 1 aliphatic rings. The molecule has 1 nitrogen and oxygen atoms in total. The summed E-state index contributed by atoms with van der Waals surface area (Å²) in [7, 11) is 0. The Balaban J connectivity index is 2.48. The highest BCUT2D eigenvalue weighted by atomic mass is 35.5. The second-order valence-electron chi connectivity index (χ2n) is 4.11. The van der Waals surface area contributed by atoms with Crippen LogP contribution in [0.15, 0.2) is 0 Å². The average molecular weight is 190 g/mol. The van der Waals surface area contributed by atoms with Gasteiger partial charge < -0.3 is 5.32 Å². The van der Waals surface area contributed by atoms with Gasteiger partial charge in [0, 0.05) is 11.4 Å². The third-order valence-corrected chi connectivity index (χ3v) is 3.28. The summed E-state index contributed by atoms with van der Waals surface area (Å²) in [5.74, 6) is 1.47. The third-order valence-electron chi connectivity index (χ3n) is 2.92. The molecule has 1 aliphatic carbocycles. The van der Waals surface area contributed by atoms with Crippen LogP contribution in [0.5, 0.6) is 0 Å². The maximum absolute atomic E-state index is 6.14. The Morgan fingerprint density at radius 3 is 2.17 bits per heavy atom. The molecule has 0 spiro atoms. The SMILES string of the molecule is CCNC1[C@H](C)CC(Cl)C[C@@H]1C. The van der Waals surface area contributed by atoms with Crippen molar-refractivity contribution in [2.45, 2.75) is 45.0 Å². The number of halogens is 1. The van der Waals surface area contributed by atoms with Crippen molar-refractivity contribution in [3.8, 4) is 0 Å². The van der Waals surface area contributed by atoms with E-state index in [2.05, 4.69) is 26.1 Å². The number of rotatable bonds is 2. The molecule has 1 saturated carbocycles. The summed E-state index contributed by atoms with van der Waals surface area (Å²) >= 11 is 6.14. The van der Waals surface area contributed by atoms with Crippen molar-refractivity contribution in [1.29, 1.82) is 0 Å². The standard InChI is InChI=1S/C10H20ClN/c1-4-12-10-7(2)5-9(11)6-8(10)3/h7-10,12H,4-6H2,1-3H3/t7-,8+,9?,10?. The molecule has 12 heavy (non-hydrogen) atoms. The van der Waals surface area contributed by atoms with Gasteiger partial charge in [-0.15, -0.1) is 11.6 Å². The summed E-state index contributed by atoms with van der Waals surface area (Å²) in [6, 6.07) is 0.685. The van der Waals surface area contributed by atoms with E-state index in [1.807, 2.05) is 0 Å². The van der Waals surface area contributed by atoms with Crippen molar-refractivity contribution in [1.82, 2.24) is 5.32 Å². The summed E-state index contributed by atoms with van der Waals surface area (Å²) in [6.45, 7) is 7.86. The topological polar surface area (TPSA) is 12.0 Å². The molecular formula is C10H20ClN. The van der Waals surface area contributed by atoms with Gasteiger partial charge in [-0.1, -0.05) is 20.8 Å². The lowest BCUT2D eigenvalue weighted by atomic mass is 9.78. The van der Waals surface area contributed by atoms with E-state index < -0.39 is 0 Å². The molecule has 2 unspecified atom stereocenters. The van der Waals surface area contributed by atoms with Crippen LogP contribution < -0.4 is 5.32 Å². The van der Waals surface area contributed by atoms with Gasteiger partial charge in [0.2, 0.25) is 0 Å². The highest BCUT2D eigenvalue weighted by Crippen LogP contribution is 2.31. The molecule has 4 atom stereocenters. The summed E-state index contributed by atoms with van der Waals surface area (Å²) in [5, 5.41) is 3.95. The van der Waals surface area contributed by atoms with Gasteiger partial charge in [0.05, 0.1) is 0 Å². The molecular weight excluding hydrogens is 170 g/mol. The molecule has 1 N–H and O–H groups in total. The number of hydrogen-bond acceptors (Lipinski definition) is 1. The van der Waals surface area contributed by atoms with Crippen LogP contribution in [-0.2, 0) is 0 Å². The fourth-order valence-corrected chi connectivity index (χ4v) is 2.96. The first-order valence-electron chi connectivity index (χ1n) is 5.02. The third kappa shape index (κ3) is 2.37. The first kappa shape index (κ1) is 10.3. The Hall–Kier alpha value is 0.250. The molecule has 0 aromatic carbocycles. The number of nitrogens with one attached hydrogen (secondary N) is 1. The quantitative estimate of drug-likeness (QED) is 0.659. The molecule has 0 saturated heterocycles. The van der Waals surface area contributed by atoms with Gasteiger partial charge in [-0.25, -0.2) is 0 Å². The molecule has 1 rings (SSSR count). The van der Waals surface area contributed by atoms with Gasteiger partial charge in [0.25, 0.3) is 0 Å². The van der Waals surface area contributed by atoms with E-state index in [0.29, 0.717) is 11.4 Å². The predicted molar refractivity (Wildman–Crippen MR) is 54.7 cm³/mol. The van der Waals surface area contributed by atoms with Crippen LogP contribution in [0.1, 0.15) is 33.6 Å². The maximum Gasteiger partial charge on any atom is 0.0342 e. The molecule has 0 bridgehead atoms. The molecule has 0 radical (unpaired) electrons. The second kappa shape index (κ2) is 4.48. The van der Waals surface area contributed by atoms with Crippen molar-refractivity contribution in [3.05, 3.63) is 0 Å². The maximum atomic E-state index is 6.14. The Kier molecular flexibility index (Phi) is 3.85. The minimum atomic E-state index is 0.407. The summed E-state index contributed by atoms with van der Waals surface area (Å²) in [5.41, 5.74) is 0. The highest BCUT2D eigenvalue weighted by molar-refractivity contribution is 6.20. The molecule has 0 aliphatic heterocycles. The minimum absolute atomic E-state index is 0.407. The number of hydrogen-bond donors (Lipinski definition) is 1. The van der Waals surface area contributed by atoms with E-state index in [4.69, 9.17) is 11.6 Å². The molecule has 0 aromatic heterocycles. The molecule has 2 heteroatoms. The molecule has 72 valence electrons. The smallest absolute Gasteiger partial charge is 0.0342 e. The first-order chi connectivity index (χ1) is 5.65. The molecule has 0 heterocycles. The lowest BCUT2D eigenvalue weighted by Gasteiger charge is -2.37. The van der Waals surface area contributed by atoms with E-state index in [9.17, 15) is 0 Å². The Morgan fingerprint density at radius 1 is 1.25 bits per heavy atom. The van der Waals surface area contributed by atoms with E-state index in [1.165, 1.54) is 12.8 Å². The predicted octanol–water partition coefficient (Wildman–Crippen LogP) is 2.64. The summed E-state index contributed by atoms with van der Waals surface area (Å²) < 4.78 is 0. The van der Waals surface area contributed by atoms with Crippen molar-refractivity contribution in [3.63, 3.8) is 0 Å². The fraction of sp³-hybridized carbons (Fsp3) is 1.00. The zero-order valence-corrected chi connectivity index (χ0v) is 9.06. The molecule has 1 fully saturated rings. The zero-order valence-electron chi connectivity index (χ0n) is 8.31. The van der Waals surface area contributed by atoms with Crippen molar-refractivity contribution < 1.29 is 0 Å². The lowest BCUT2D eigenvalue weighted by molar-refractivity contribution is 0.215. The highest BCUT2D eigenvalue weighted by Gasteiger charge is 2.31. The van der Waals surface area contributed by atoms with Crippen molar-refractivity contribution in [2.24, 2.45) is 11.8 Å². The molecule has 0 aromatic rings. The van der Waals surface area contributed by atoms with Crippen LogP contribution in [0.3, 0.4) is 0 Å². The van der Waals surface area contributed by atoms with Crippen molar-refractivity contribution >= 4 is 11.6 Å². The summed E-state index contributed by atoms with van der Waals surface area (Å²) in [6.07, 6.45) is 2.34. The van der Waals surface area contributed by atoms with Gasteiger partial charge in [0.1, 0.15) is 0 Å². The average Bonchev–Trinajstić information content (AvgIpc) is 1.96.